The van der Waals surface area contributed by atoms with Gasteiger partial charge in [-0.25, -0.2) is 4.39 Å². The standard InChI is InChI=1S/C24H33Cl2FN2O2/c25-21-14-18(27)15-22(26)23(21)31-20-9-12-29(13-10-20)11-8-16-4-6-19(7-5-16)28-24(30)17-2-1-3-17/h14-17,19-20H,1-13H2,(H,28,30). The predicted molar refractivity (Wildman–Crippen MR) is 122 cm³/mol. The van der Waals surface area contributed by atoms with Crippen molar-refractivity contribution in [1.82, 2.24) is 10.2 Å². The molecule has 1 aromatic rings. The van der Waals surface area contributed by atoms with Crippen LogP contribution in [0.1, 0.15) is 64.2 Å². The van der Waals surface area contributed by atoms with Crippen LogP contribution in [-0.2, 0) is 4.79 Å². The predicted octanol–water partition coefficient (Wildman–Crippen LogP) is 5.84. The van der Waals surface area contributed by atoms with Crippen molar-refractivity contribution in [2.24, 2.45) is 11.8 Å². The zero-order chi connectivity index (χ0) is 21.8. The fraction of sp³-hybridized carbons (Fsp3) is 0.708. The van der Waals surface area contributed by atoms with Crippen LogP contribution in [0.3, 0.4) is 0 Å². The van der Waals surface area contributed by atoms with Crippen molar-refractivity contribution in [3.63, 3.8) is 0 Å². The summed E-state index contributed by atoms with van der Waals surface area (Å²) in [6.07, 6.45) is 11.2. The largest absolute Gasteiger partial charge is 0.487 e. The number of likely N-dealkylation sites (tertiary alicyclic amines) is 1. The lowest BCUT2D eigenvalue weighted by Gasteiger charge is -2.35. The Labute approximate surface area is 194 Å². The third-order valence-electron chi connectivity index (χ3n) is 7.30. The number of nitrogens with one attached hydrogen (secondary N) is 1. The van der Waals surface area contributed by atoms with Crippen molar-refractivity contribution in [1.29, 1.82) is 0 Å². The van der Waals surface area contributed by atoms with Crippen molar-refractivity contribution in [2.45, 2.75) is 76.4 Å². The number of amides is 1. The van der Waals surface area contributed by atoms with E-state index in [4.69, 9.17) is 27.9 Å². The second-order valence-corrected chi connectivity index (χ2v) is 10.3. The Kier molecular flexibility index (Phi) is 8.00. The SMILES string of the molecule is O=C(NC1CCC(CCN2CCC(Oc3c(Cl)cc(F)cc3Cl)CC2)CC1)C1CCC1. The van der Waals surface area contributed by atoms with Gasteiger partial charge in [0.1, 0.15) is 11.9 Å². The summed E-state index contributed by atoms with van der Waals surface area (Å²) in [5.41, 5.74) is 0. The van der Waals surface area contributed by atoms with Crippen LogP contribution in [0.4, 0.5) is 4.39 Å². The van der Waals surface area contributed by atoms with Gasteiger partial charge in [0.25, 0.3) is 0 Å². The summed E-state index contributed by atoms with van der Waals surface area (Å²) in [7, 11) is 0. The molecule has 1 saturated heterocycles. The van der Waals surface area contributed by atoms with Crippen molar-refractivity contribution >= 4 is 29.1 Å². The maximum Gasteiger partial charge on any atom is 0.223 e. The molecular formula is C24H33Cl2FN2O2. The van der Waals surface area contributed by atoms with Gasteiger partial charge in [0.15, 0.2) is 5.75 Å². The van der Waals surface area contributed by atoms with Gasteiger partial charge in [0, 0.05) is 25.0 Å². The van der Waals surface area contributed by atoms with Gasteiger partial charge in [-0.15, -0.1) is 0 Å². The Morgan fingerprint density at radius 1 is 1.03 bits per heavy atom. The summed E-state index contributed by atoms with van der Waals surface area (Å²) in [5, 5.41) is 3.74. The minimum Gasteiger partial charge on any atom is -0.487 e. The third kappa shape index (κ3) is 6.27. The first-order chi connectivity index (χ1) is 15.0. The molecule has 31 heavy (non-hydrogen) atoms. The monoisotopic (exact) mass is 470 g/mol. The van der Waals surface area contributed by atoms with Crippen molar-refractivity contribution in [3.8, 4) is 5.75 Å². The number of carbonyl (C=O) groups excluding carboxylic acids is 1. The van der Waals surface area contributed by atoms with Gasteiger partial charge in [-0.1, -0.05) is 29.6 Å². The Bertz CT molecular complexity index is 735. The van der Waals surface area contributed by atoms with E-state index in [1.54, 1.807) is 0 Å². The molecule has 2 aliphatic carbocycles. The van der Waals surface area contributed by atoms with Crippen molar-refractivity contribution in [2.75, 3.05) is 19.6 Å². The minimum absolute atomic E-state index is 0.0615. The van der Waals surface area contributed by atoms with Crippen LogP contribution >= 0.6 is 23.2 Å². The Balaban J connectivity index is 1.12. The second-order valence-electron chi connectivity index (χ2n) is 9.50. The third-order valence-corrected chi connectivity index (χ3v) is 7.87. The molecular weight excluding hydrogens is 438 g/mol. The molecule has 1 amide bonds. The number of hydrogen-bond donors (Lipinski definition) is 1. The van der Waals surface area contributed by atoms with Gasteiger partial charge >= 0.3 is 0 Å². The summed E-state index contributed by atoms with van der Waals surface area (Å²) in [5.74, 6) is 1.29. The second kappa shape index (κ2) is 10.7. The van der Waals surface area contributed by atoms with E-state index in [2.05, 4.69) is 10.2 Å². The number of carbonyl (C=O) groups is 1. The van der Waals surface area contributed by atoms with E-state index < -0.39 is 5.82 Å². The number of benzene rings is 1. The van der Waals surface area contributed by atoms with Gasteiger partial charge in [0.2, 0.25) is 5.91 Å². The molecule has 2 saturated carbocycles. The lowest BCUT2D eigenvalue weighted by atomic mass is 9.82. The smallest absolute Gasteiger partial charge is 0.223 e. The quantitative estimate of drug-likeness (QED) is 0.543. The lowest BCUT2D eigenvalue weighted by molar-refractivity contribution is -0.128. The Morgan fingerprint density at radius 3 is 2.26 bits per heavy atom. The number of hydrogen-bond acceptors (Lipinski definition) is 3. The average Bonchev–Trinajstić information content (AvgIpc) is 2.70. The first-order valence-corrected chi connectivity index (χ1v) is 12.6. The normalized spacial score (nSPS) is 25.8. The topological polar surface area (TPSA) is 41.6 Å². The highest BCUT2D eigenvalue weighted by Gasteiger charge is 2.29. The summed E-state index contributed by atoms with van der Waals surface area (Å²) >= 11 is 12.2. The molecule has 0 aromatic heterocycles. The summed E-state index contributed by atoms with van der Waals surface area (Å²) in [6, 6.07) is 2.87. The van der Waals surface area contributed by atoms with Gasteiger partial charge in [-0.05, 0) is 82.4 Å². The molecule has 0 spiro atoms. The van der Waals surface area contributed by atoms with E-state index in [1.165, 1.54) is 37.8 Å². The number of rotatable bonds is 7. The van der Waals surface area contributed by atoms with Crippen LogP contribution in [0.2, 0.25) is 10.0 Å². The summed E-state index contributed by atoms with van der Waals surface area (Å²) in [4.78, 5) is 14.7. The molecule has 1 aromatic carbocycles. The zero-order valence-electron chi connectivity index (χ0n) is 18.1. The van der Waals surface area contributed by atoms with E-state index in [0.29, 0.717) is 23.6 Å². The van der Waals surface area contributed by atoms with Gasteiger partial charge < -0.3 is 15.0 Å². The Hall–Kier alpha value is -1.04. The number of nitrogens with zero attached hydrogens (tertiary/aromatic N) is 1. The van der Waals surface area contributed by atoms with Gasteiger partial charge in [0.05, 0.1) is 10.0 Å². The number of ether oxygens (including phenoxy) is 1. The first-order valence-electron chi connectivity index (χ1n) is 11.8. The van der Waals surface area contributed by atoms with E-state index in [-0.39, 0.29) is 16.1 Å². The molecule has 0 unspecified atom stereocenters. The highest BCUT2D eigenvalue weighted by atomic mass is 35.5. The fourth-order valence-electron chi connectivity index (χ4n) is 5.01. The fourth-order valence-corrected chi connectivity index (χ4v) is 5.56. The van der Waals surface area contributed by atoms with E-state index >= 15 is 0 Å². The van der Waals surface area contributed by atoms with E-state index in [0.717, 1.165) is 64.1 Å². The molecule has 3 aliphatic rings. The van der Waals surface area contributed by atoms with Crippen molar-refractivity contribution < 1.29 is 13.9 Å². The van der Waals surface area contributed by atoms with Gasteiger partial charge in [-0.3, -0.25) is 4.79 Å². The summed E-state index contributed by atoms with van der Waals surface area (Å²) < 4.78 is 19.3. The van der Waals surface area contributed by atoms with Crippen molar-refractivity contribution in [3.05, 3.63) is 28.0 Å². The maximum atomic E-state index is 13.4. The molecule has 0 radical (unpaired) electrons. The van der Waals surface area contributed by atoms with Crippen LogP contribution < -0.4 is 10.1 Å². The zero-order valence-corrected chi connectivity index (χ0v) is 19.6. The van der Waals surface area contributed by atoms with E-state index in [1.807, 2.05) is 0 Å². The Morgan fingerprint density at radius 2 is 1.68 bits per heavy atom. The molecule has 7 heteroatoms. The van der Waals surface area contributed by atoms with Crippen LogP contribution in [0.5, 0.6) is 5.75 Å². The van der Waals surface area contributed by atoms with Gasteiger partial charge in [-0.2, -0.15) is 0 Å². The average molecular weight is 471 g/mol. The molecule has 0 atom stereocenters. The molecule has 4 nitrogen and oxygen atoms in total. The van der Waals surface area contributed by atoms with Crippen LogP contribution in [0.15, 0.2) is 12.1 Å². The molecule has 3 fully saturated rings. The molecule has 4 rings (SSSR count). The first kappa shape index (κ1) is 23.1. The molecule has 0 bridgehead atoms. The van der Waals surface area contributed by atoms with Crippen LogP contribution in [0, 0.1) is 17.7 Å². The number of halogens is 3. The highest BCUT2D eigenvalue weighted by molar-refractivity contribution is 6.37. The molecule has 172 valence electrons. The van der Waals surface area contributed by atoms with E-state index in [9.17, 15) is 9.18 Å². The number of piperidine rings is 1. The van der Waals surface area contributed by atoms with Crippen LogP contribution in [0.25, 0.3) is 0 Å². The highest BCUT2D eigenvalue weighted by Crippen LogP contribution is 2.36. The minimum atomic E-state index is -0.452. The maximum absolute atomic E-state index is 13.4. The lowest BCUT2D eigenvalue weighted by Crippen LogP contribution is -2.43. The molecule has 1 heterocycles. The summed E-state index contributed by atoms with van der Waals surface area (Å²) in [6.45, 7) is 3.11. The molecule has 1 N–H and O–H groups in total. The molecule has 1 aliphatic heterocycles. The van der Waals surface area contributed by atoms with Crippen LogP contribution in [-0.4, -0.2) is 42.6 Å².